The van der Waals surface area contributed by atoms with Crippen LogP contribution >= 0.6 is 0 Å². The average Bonchev–Trinajstić information content (AvgIpc) is 3.19. The molecule has 0 saturated heterocycles. The van der Waals surface area contributed by atoms with E-state index >= 15 is 0 Å². The maximum absolute atomic E-state index is 13.2. The number of rotatable bonds is 24. The molecule has 27 nitrogen and oxygen atoms in total. The Hall–Kier alpha value is -7.74. The second-order valence-electron chi connectivity index (χ2n) is 11.3. The average molecular weight is 859 g/mol. The number of carbonyl (C=O) groups is 9. The third kappa shape index (κ3) is 19.4. The number of hydrogen-bond donors (Lipinski definition) is 3. The number of alkyl carbamates (subject to hydrolysis) is 3. The van der Waals surface area contributed by atoms with Gasteiger partial charge in [-0.05, 0) is 20.8 Å². The maximum atomic E-state index is 13.2. The molecule has 0 unspecified atom stereocenters. The van der Waals surface area contributed by atoms with Gasteiger partial charge in [0.25, 0.3) is 0 Å². The van der Waals surface area contributed by atoms with Gasteiger partial charge in [-0.3, -0.25) is 0 Å². The first-order valence-electron chi connectivity index (χ1n) is 16.9. The molecule has 0 aliphatic heterocycles. The summed E-state index contributed by atoms with van der Waals surface area (Å²) in [6, 6.07) is 0. The number of carbonyl (C=O) groups excluding carboxylic acids is 9. The van der Waals surface area contributed by atoms with E-state index < -0.39 is 131 Å². The molecular formula is C33H42N6O21. The van der Waals surface area contributed by atoms with E-state index in [-0.39, 0.29) is 50.2 Å². The number of ether oxygens (including phenoxy) is 9. The Morgan fingerprint density at radius 1 is 0.400 bits per heavy atom. The predicted octanol–water partition coefficient (Wildman–Crippen LogP) is -2.79. The van der Waals surface area contributed by atoms with E-state index in [1.165, 1.54) is 20.8 Å². The van der Waals surface area contributed by atoms with Crippen LogP contribution < -0.4 is 33.0 Å². The third-order valence-corrected chi connectivity index (χ3v) is 6.28. The lowest BCUT2D eigenvalue weighted by molar-refractivity contribution is -0.152. The van der Waals surface area contributed by atoms with Crippen molar-refractivity contribution in [3.05, 3.63) is 67.9 Å². The minimum atomic E-state index is -1.46. The molecule has 3 N–H and O–H groups in total. The SMILES string of the molecule is C=C(C)C(=O)OCCOC(=O)COC(=O)NCn1c(=O)n(CNC(=O)OCC(=O)OCCOC(=O)C(=C)C)c(=O)n(CNC(=O)OCC(=O)OCCOC(=O)C(=C)C)c1=O. The van der Waals surface area contributed by atoms with Gasteiger partial charge in [-0.25, -0.2) is 71.2 Å². The van der Waals surface area contributed by atoms with Gasteiger partial charge in [0.1, 0.15) is 59.6 Å². The number of hydrogen-bond acceptors (Lipinski definition) is 21. The van der Waals surface area contributed by atoms with Gasteiger partial charge in [-0.1, -0.05) is 19.7 Å². The minimum absolute atomic E-state index is 0.0994. The topological polar surface area (TPSA) is 339 Å². The van der Waals surface area contributed by atoms with Gasteiger partial charge in [0.15, 0.2) is 19.8 Å². The summed E-state index contributed by atoms with van der Waals surface area (Å²) in [5.74, 6) is -5.47. The quantitative estimate of drug-likeness (QED) is 0.0409. The molecule has 1 rings (SSSR count). The second kappa shape index (κ2) is 26.2. The minimum Gasteiger partial charge on any atom is -0.460 e. The van der Waals surface area contributed by atoms with Crippen LogP contribution in [0.3, 0.4) is 0 Å². The Morgan fingerprint density at radius 2 is 0.617 bits per heavy atom. The molecule has 330 valence electrons. The summed E-state index contributed by atoms with van der Waals surface area (Å²) in [5.41, 5.74) is -4.09. The van der Waals surface area contributed by atoms with Gasteiger partial charge in [-0.15, -0.1) is 0 Å². The maximum Gasteiger partial charge on any atom is 0.409 e. The van der Waals surface area contributed by atoms with Gasteiger partial charge in [0.2, 0.25) is 0 Å². The number of nitrogens with zero attached hydrogens (tertiary/aromatic N) is 3. The van der Waals surface area contributed by atoms with E-state index in [4.69, 9.17) is 28.4 Å². The van der Waals surface area contributed by atoms with Crippen LogP contribution in [0.5, 0.6) is 0 Å². The number of esters is 6. The molecular weight excluding hydrogens is 816 g/mol. The smallest absolute Gasteiger partial charge is 0.409 e. The molecule has 0 aliphatic rings. The molecule has 0 spiro atoms. The lowest BCUT2D eigenvalue weighted by Crippen LogP contribution is -2.58. The van der Waals surface area contributed by atoms with Crippen LogP contribution in [-0.4, -0.2) is 127 Å². The molecule has 1 aromatic rings. The Morgan fingerprint density at radius 3 is 0.833 bits per heavy atom. The molecule has 0 atom stereocenters. The highest BCUT2D eigenvalue weighted by Gasteiger charge is 2.20. The van der Waals surface area contributed by atoms with Crippen LogP contribution in [0.1, 0.15) is 20.8 Å². The van der Waals surface area contributed by atoms with Crippen LogP contribution in [0.25, 0.3) is 0 Å². The molecule has 27 heteroatoms. The fraction of sp³-hybridized carbons (Fsp3) is 0.455. The summed E-state index contributed by atoms with van der Waals surface area (Å²) < 4.78 is 42.9. The standard InChI is InChI=1S/C33H42N6O21/c1-19(2)25(43)55-10-7-52-22(40)13-58-28(46)34-16-37-31(49)38(17-35-29(47)59-14-23(41)53-8-11-56-26(44)20(3)4)33(51)39(32(37)50)18-36-30(48)60-15-24(42)54-9-12-57-27(45)21(5)6/h1,3,5,7-18H2,2,4,6H3,(H,34,46)(H,35,47)(H,36,48). The van der Waals surface area contributed by atoms with E-state index in [0.717, 1.165) is 0 Å². The normalized spacial score (nSPS) is 10.1. The van der Waals surface area contributed by atoms with Crippen molar-refractivity contribution >= 4 is 54.1 Å². The largest absolute Gasteiger partial charge is 0.460 e. The lowest BCUT2D eigenvalue weighted by Gasteiger charge is -2.15. The summed E-state index contributed by atoms with van der Waals surface area (Å²) >= 11 is 0. The van der Waals surface area contributed by atoms with Gasteiger partial charge in [0, 0.05) is 16.7 Å². The Labute approximate surface area is 337 Å². The highest BCUT2D eigenvalue weighted by molar-refractivity contribution is 5.87. The zero-order valence-electron chi connectivity index (χ0n) is 32.5. The van der Waals surface area contributed by atoms with E-state index in [9.17, 15) is 57.5 Å². The summed E-state index contributed by atoms with van der Waals surface area (Å²) in [6.45, 7) is 6.00. The Kier molecular flexibility index (Phi) is 22.0. The van der Waals surface area contributed by atoms with Crippen molar-refractivity contribution in [3.8, 4) is 0 Å². The monoisotopic (exact) mass is 858 g/mol. The van der Waals surface area contributed by atoms with Crippen molar-refractivity contribution in [2.75, 3.05) is 59.5 Å². The Balaban J connectivity index is 2.99. The zero-order chi connectivity index (χ0) is 45.4. The second-order valence-corrected chi connectivity index (χ2v) is 11.3. The highest BCUT2D eigenvalue weighted by atomic mass is 16.6. The number of aromatic nitrogens is 3. The number of amides is 3. The van der Waals surface area contributed by atoms with Crippen molar-refractivity contribution in [2.45, 2.75) is 40.8 Å². The molecule has 60 heavy (non-hydrogen) atoms. The van der Waals surface area contributed by atoms with E-state index in [2.05, 4.69) is 33.9 Å². The van der Waals surface area contributed by atoms with Crippen molar-refractivity contribution in [2.24, 2.45) is 0 Å². The van der Waals surface area contributed by atoms with Gasteiger partial charge in [0.05, 0.1) is 0 Å². The molecule has 0 aromatic carbocycles. The third-order valence-electron chi connectivity index (χ3n) is 6.28. The first-order chi connectivity index (χ1) is 28.2. The fourth-order valence-corrected chi connectivity index (χ4v) is 3.41. The fourth-order valence-electron chi connectivity index (χ4n) is 3.41. The summed E-state index contributed by atoms with van der Waals surface area (Å²) in [6.07, 6.45) is -4.16. The van der Waals surface area contributed by atoms with Crippen LogP contribution in [-0.2, 0) is 91.4 Å². The van der Waals surface area contributed by atoms with Crippen LogP contribution in [0.2, 0.25) is 0 Å². The Bertz CT molecular complexity index is 1760. The van der Waals surface area contributed by atoms with Crippen LogP contribution in [0.15, 0.2) is 50.8 Å². The summed E-state index contributed by atoms with van der Waals surface area (Å²) in [5, 5.41) is 5.88. The van der Waals surface area contributed by atoms with Crippen molar-refractivity contribution in [3.63, 3.8) is 0 Å². The molecule has 3 amide bonds. The summed E-state index contributed by atoms with van der Waals surface area (Å²) in [4.78, 5) is 146. The number of nitrogens with one attached hydrogen (secondary N) is 3. The lowest BCUT2D eigenvalue weighted by atomic mass is 10.4. The van der Waals surface area contributed by atoms with Gasteiger partial charge in [-0.2, -0.15) is 0 Å². The van der Waals surface area contributed by atoms with Crippen LogP contribution in [0.4, 0.5) is 14.4 Å². The van der Waals surface area contributed by atoms with Crippen LogP contribution in [0, 0.1) is 0 Å². The summed E-state index contributed by atoms with van der Waals surface area (Å²) in [7, 11) is 0. The van der Waals surface area contributed by atoms with Crippen molar-refractivity contribution in [1.29, 1.82) is 0 Å². The predicted molar refractivity (Wildman–Crippen MR) is 193 cm³/mol. The molecule has 0 bridgehead atoms. The molecule has 1 heterocycles. The van der Waals surface area contributed by atoms with E-state index in [1.807, 2.05) is 16.0 Å². The first kappa shape index (κ1) is 50.3. The van der Waals surface area contributed by atoms with E-state index in [0.29, 0.717) is 0 Å². The zero-order valence-corrected chi connectivity index (χ0v) is 32.5. The van der Waals surface area contributed by atoms with Gasteiger partial charge < -0.3 is 58.6 Å². The van der Waals surface area contributed by atoms with Crippen molar-refractivity contribution in [1.82, 2.24) is 29.7 Å². The van der Waals surface area contributed by atoms with E-state index in [1.54, 1.807) is 0 Å². The molecule has 0 saturated carbocycles. The van der Waals surface area contributed by atoms with Gasteiger partial charge >= 0.3 is 71.2 Å². The highest BCUT2D eigenvalue weighted by Crippen LogP contribution is 1.95. The molecule has 0 radical (unpaired) electrons. The van der Waals surface area contributed by atoms with Crippen molar-refractivity contribution < 1.29 is 85.8 Å². The molecule has 1 aromatic heterocycles. The first-order valence-corrected chi connectivity index (χ1v) is 16.9. The molecule has 0 fully saturated rings. The molecule has 0 aliphatic carbocycles.